The summed E-state index contributed by atoms with van der Waals surface area (Å²) in [5.41, 5.74) is 1.44. The smallest absolute Gasteiger partial charge is 0.411 e. The number of esters is 1. The molecule has 0 atom stereocenters. The van der Waals surface area contributed by atoms with Crippen LogP contribution in [-0.4, -0.2) is 42.0 Å². The highest BCUT2D eigenvalue weighted by Gasteiger charge is 2.27. The van der Waals surface area contributed by atoms with E-state index in [1.54, 1.807) is 22.9 Å². The summed E-state index contributed by atoms with van der Waals surface area (Å²) in [6.07, 6.45) is -2.82. The van der Waals surface area contributed by atoms with Crippen LogP contribution in [-0.2, 0) is 16.0 Å². The number of hydrogen-bond donors (Lipinski definition) is 0. The first-order chi connectivity index (χ1) is 13.7. The summed E-state index contributed by atoms with van der Waals surface area (Å²) < 4.78 is 61.6. The van der Waals surface area contributed by atoms with Crippen LogP contribution < -0.4 is 0 Å². The molecule has 3 aromatic rings. The molecule has 0 aliphatic carbocycles. The van der Waals surface area contributed by atoms with Gasteiger partial charge in [-0.2, -0.15) is 13.2 Å². The molecule has 0 N–H and O–H groups in total. The zero-order valence-electron chi connectivity index (χ0n) is 15.1. The molecule has 0 unspecified atom stereocenters. The number of nitrogens with zero attached hydrogens (tertiary/aromatic N) is 2. The van der Waals surface area contributed by atoms with Crippen LogP contribution in [0.2, 0.25) is 5.02 Å². The number of halogens is 5. The summed E-state index contributed by atoms with van der Waals surface area (Å²) in [4.78, 5) is 16.0. The highest BCUT2D eigenvalue weighted by atomic mass is 35.5. The molecule has 0 fully saturated rings. The summed E-state index contributed by atoms with van der Waals surface area (Å²) in [5, 5.41) is 0.541. The molecule has 0 aliphatic rings. The van der Waals surface area contributed by atoms with Gasteiger partial charge in [0.05, 0.1) is 18.7 Å². The maximum atomic E-state index is 13.9. The van der Waals surface area contributed by atoms with Crippen molar-refractivity contribution in [3.05, 3.63) is 53.1 Å². The predicted molar refractivity (Wildman–Crippen MR) is 98.4 cm³/mol. The third kappa shape index (κ3) is 4.86. The van der Waals surface area contributed by atoms with Gasteiger partial charge in [-0.3, -0.25) is 0 Å². The van der Waals surface area contributed by atoms with Crippen LogP contribution in [0.3, 0.4) is 0 Å². The Kier molecular flexibility index (Phi) is 6.09. The SMILES string of the molecule is COC(=O)c1ccc2c(-c3ccc(Cl)c(F)c3)cn(CCOCC(F)(F)F)c2n1. The van der Waals surface area contributed by atoms with Crippen molar-refractivity contribution >= 4 is 28.6 Å². The maximum Gasteiger partial charge on any atom is 0.411 e. The van der Waals surface area contributed by atoms with E-state index >= 15 is 0 Å². The van der Waals surface area contributed by atoms with E-state index in [4.69, 9.17) is 11.6 Å². The van der Waals surface area contributed by atoms with E-state index in [2.05, 4.69) is 14.5 Å². The first-order valence-electron chi connectivity index (χ1n) is 8.37. The van der Waals surface area contributed by atoms with E-state index in [0.717, 1.165) is 0 Å². The predicted octanol–water partition coefficient (Wildman–Crippen LogP) is 4.86. The van der Waals surface area contributed by atoms with Crippen LogP contribution in [0.15, 0.2) is 36.5 Å². The van der Waals surface area contributed by atoms with Crippen molar-refractivity contribution in [2.45, 2.75) is 12.7 Å². The van der Waals surface area contributed by atoms with Gasteiger partial charge in [0.2, 0.25) is 0 Å². The minimum atomic E-state index is -4.43. The molecule has 154 valence electrons. The van der Waals surface area contributed by atoms with Crippen molar-refractivity contribution in [2.75, 3.05) is 20.3 Å². The summed E-state index contributed by atoms with van der Waals surface area (Å²) in [7, 11) is 1.21. The van der Waals surface area contributed by atoms with Gasteiger partial charge in [-0.1, -0.05) is 17.7 Å². The van der Waals surface area contributed by atoms with Crippen LogP contribution in [0.4, 0.5) is 17.6 Å². The number of pyridine rings is 1. The van der Waals surface area contributed by atoms with Gasteiger partial charge in [0.1, 0.15) is 18.1 Å². The zero-order chi connectivity index (χ0) is 21.2. The van der Waals surface area contributed by atoms with E-state index in [9.17, 15) is 22.4 Å². The molecule has 1 aromatic carbocycles. The van der Waals surface area contributed by atoms with Gasteiger partial charge in [0.25, 0.3) is 0 Å². The highest BCUT2D eigenvalue weighted by molar-refractivity contribution is 6.30. The molecule has 0 radical (unpaired) electrons. The van der Waals surface area contributed by atoms with Crippen LogP contribution >= 0.6 is 11.6 Å². The number of carbonyl (C=O) groups is 1. The van der Waals surface area contributed by atoms with Gasteiger partial charge in [-0.25, -0.2) is 14.2 Å². The average Bonchev–Trinajstić information content (AvgIpc) is 3.04. The second kappa shape index (κ2) is 8.38. The number of benzene rings is 1. The Morgan fingerprint density at radius 2 is 2.00 bits per heavy atom. The van der Waals surface area contributed by atoms with Gasteiger partial charge in [-0.05, 0) is 29.8 Å². The summed E-state index contributed by atoms with van der Waals surface area (Å²) >= 11 is 5.73. The summed E-state index contributed by atoms with van der Waals surface area (Å²) in [6.45, 7) is -1.57. The van der Waals surface area contributed by atoms with Crippen LogP contribution in [0.25, 0.3) is 22.2 Å². The van der Waals surface area contributed by atoms with E-state index < -0.39 is 24.6 Å². The van der Waals surface area contributed by atoms with Crippen LogP contribution in [0.5, 0.6) is 0 Å². The Labute approximate surface area is 167 Å². The van der Waals surface area contributed by atoms with Crippen molar-refractivity contribution in [1.29, 1.82) is 0 Å². The minimum Gasteiger partial charge on any atom is -0.464 e. The number of ether oxygens (including phenoxy) is 2. The lowest BCUT2D eigenvalue weighted by Gasteiger charge is -2.09. The fourth-order valence-corrected chi connectivity index (χ4v) is 2.91. The number of hydrogen-bond acceptors (Lipinski definition) is 4. The van der Waals surface area contributed by atoms with Gasteiger partial charge < -0.3 is 14.0 Å². The van der Waals surface area contributed by atoms with Gasteiger partial charge in [0, 0.05) is 23.7 Å². The van der Waals surface area contributed by atoms with Crippen molar-refractivity contribution < 1.29 is 31.8 Å². The van der Waals surface area contributed by atoms with E-state index in [-0.39, 0.29) is 23.9 Å². The first kappa shape index (κ1) is 21.1. The quantitative estimate of drug-likeness (QED) is 0.318. The standard InChI is InChI=1S/C19H15ClF4N2O3/c1-28-18(27)16-5-3-12-13(11-2-4-14(20)15(21)8-11)9-26(17(12)25-16)6-7-29-10-19(22,23)24/h2-5,8-9H,6-7,10H2,1H3. The van der Waals surface area contributed by atoms with Crippen LogP contribution in [0.1, 0.15) is 10.5 Å². The molecule has 29 heavy (non-hydrogen) atoms. The second-order valence-corrected chi connectivity index (χ2v) is 6.50. The van der Waals surface area contributed by atoms with Gasteiger partial charge >= 0.3 is 12.1 Å². The van der Waals surface area contributed by atoms with Crippen molar-refractivity contribution in [1.82, 2.24) is 9.55 Å². The molecule has 3 rings (SSSR count). The third-order valence-electron chi connectivity index (χ3n) is 4.09. The molecule has 0 amide bonds. The molecular formula is C19H15ClF4N2O3. The molecule has 0 aliphatic heterocycles. The second-order valence-electron chi connectivity index (χ2n) is 6.09. The highest BCUT2D eigenvalue weighted by Crippen LogP contribution is 2.32. The lowest BCUT2D eigenvalue weighted by atomic mass is 10.1. The Bertz CT molecular complexity index is 1050. The zero-order valence-corrected chi connectivity index (χ0v) is 15.9. The number of fused-ring (bicyclic) bond motifs is 1. The Morgan fingerprint density at radius 1 is 1.24 bits per heavy atom. The number of alkyl halides is 3. The Morgan fingerprint density at radius 3 is 2.66 bits per heavy atom. The van der Waals surface area contributed by atoms with E-state index in [1.807, 2.05) is 0 Å². The Hall–Kier alpha value is -2.65. The van der Waals surface area contributed by atoms with Crippen LogP contribution in [0, 0.1) is 5.82 Å². The molecule has 0 saturated heterocycles. The van der Waals surface area contributed by atoms with Crippen molar-refractivity contribution in [3.8, 4) is 11.1 Å². The topological polar surface area (TPSA) is 53.4 Å². The largest absolute Gasteiger partial charge is 0.464 e. The molecule has 0 spiro atoms. The van der Waals surface area contributed by atoms with Gasteiger partial charge in [-0.15, -0.1) is 0 Å². The fourth-order valence-electron chi connectivity index (χ4n) is 2.80. The monoisotopic (exact) mass is 430 g/mol. The average molecular weight is 431 g/mol. The van der Waals surface area contributed by atoms with E-state index in [0.29, 0.717) is 22.2 Å². The molecule has 2 heterocycles. The normalized spacial score (nSPS) is 11.8. The Balaban J connectivity index is 2.00. The fraction of sp³-hybridized carbons (Fsp3) is 0.263. The first-order valence-corrected chi connectivity index (χ1v) is 8.75. The van der Waals surface area contributed by atoms with Gasteiger partial charge in [0.15, 0.2) is 5.69 Å². The van der Waals surface area contributed by atoms with Crippen molar-refractivity contribution in [3.63, 3.8) is 0 Å². The number of methoxy groups -OCH3 is 1. The molecule has 0 saturated carbocycles. The molecule has 5 nitrogen and oxygen atoms in total. The molecule has 0 bridgehead atoms. The lowest BCUT2D eigenvalue weighted by Crippen LogP contribution is -2.19. The summed E-state index contributed by atoms with van der Waals surface area (Å²) in [6, 6.07) is 7.32. The summed E-state index contributed by atoms with van der Waals surface area (Å²) in [5.74, 6) is -1.27. The maximum absolute atomic E-state index is 13.9. The third-order valence-corrected chi connectivity index (χ3v) is 4.40. The number of aromatic nitrogens is 2. The lowest BCUT2D eigenvalue weighted by molar-refractivity contribution is -0.174. The van der Waals surface area contributed by atoms with E-state index in [1.165, 1.54) is 25.3 Å². The number of rotatable bonds is 6. The minimum absolute atomic E-state index is 0.0318. The molecular weight excluding hydrogens is 416 g/mol. The number of carbonyl (C=O) groups excluding carboxylic acids is 1. The molecule has 10 heteroatoms. The van der Waals surface area contributed by atoms with Crippen molar-refractivity contribution in [2.24, 2.45) is 0 Å². The molecule has 2 aromatic heterocycles.